The number of nitrogens with one attached hydrogen (secondary N) is 1. The number of carbonyl (C=O) groups is 1. The molecule has 0 heterocycles. The number of carbonyl (C=O) groups excluding carboxylic acids is 1. The summed E-state index contributed by atoms with van der Waals surface area (Å²) in [6.07, 6.45) is 0.683. The van der Waals surface area contributed by atoms with Gasteiger partial charge in [0.05, 0.1) is 6.54 Å². The summed E-state index contributed by atoms with van der Waals surface area (Å²) in [5, 5.41) is 11.7. The summed E-state index contributed by atoms with van der Waals surface area (Å²) in [6, 6.07) is 5.41. The first-order valence-electron chi connectivity index (χ1n) is 6.56. The van der Waals surface area contributed by atoms with Crippen molar-refractivity contribution in [2.45, 2.75) is 20.3 Å². The van der Waals surface area contributed by atoms with Crippen molar-refractivity contribution in [2.24, 2.45) is 0 Å². The number of nitrogen functional groups attached to an aromatic ring is 1. The van der Waals surface area contributed by atoms with E-state index in [2.05, 4.69) is 5.32 Å². The maximum Gasteiger partial charge on any atom is 0.238 e. The summed E-state index contributed by atoms with van der Waals surface area (Å²) in [4.78, 5) is 13.9. The van der Waals surface area contributed by atoms with Crippen LogP contribution in [0, 0.1) is 6.92 Å². The second-order valence-electron chi connectivity index (χ2n) is 4.57. The maximum atomic E-state index is 11.9. The van der Waals surface area contributed by atoms with Gasteiger partial charge in [-0.3, -0.25) is 9.69 Å². The highest BCUT2D eigenvalue weighted by molar-refractivity contribution is 5.93. The largest absolute Gasteiger partial charge is 0.399 e. The summed E-state index contributed by atoms with van der Waals surface area (Å²) in [7, 11) is 0. The Balaban J connectivity index is 2.54. The Bertz CT molecular complexity index is 421. The molecule has 0 spiro atoms. The van der Waals surface area contributed by atoms with E-state index < -0.39 is 0 Å². The molecular weight excluding hydrogens is 242 g/mol. The number of anilines is 2. The maximum absolute atomic E-state index is 11.9. The molecule has 1 amide bonds. The minimum atomic E-state index is -0.0485. The summed E-state index contributed by atoms with van der Waals surface area (Å²) >= 11 is 0. The highest BCUT2D eigenvalue weighted by Crippen LogP contribution is 2.17. The van der Waals surface area contributed by atoms with Gasteiger partial charge in [0.2, 0.25) is 5.91 Å². The van der Waals surface area contributed by atoms with Crippen molar-refractivity contribution < 1.29 is 9.90 Å². The van der Waals surface area contributed by atoms with E-state index in [4.69, 9.17) is 10.8 Å². The Kier molecular flexibility index (Phi) is 6.32. The molecule has 0 saturated carbocycles. The van der Waals surface area contributed by atoms with E-state index >= 15 is 0 Å². The Hall–Kier alpha value is -1.59. The van der Waals surface area contributed by atoms with Crippen LogP contribution in [0.4, 0.5) is 11.4 Å². The number of nitrogens with zero attached hydrogens (tertiary/aromatic N) is 1. The first kappa shape index (κ1) is 15.5. The standard InChI is InChI=1S/C14H23N3O2/c1-3-17(7-4-8-18)10-14(19)16-13-6-5-12(15)9-11(13)2/h5-6,9,18H,3-4,7-8,10,15H2,1-2H3,(H,16,19). The number of nitrogens with two attached hydrogens (primary N) is 1. The second-order valence-corrected chi connectivity index (χ2v) is 4.57. The van der Waals surface area contributed by atoms with Crippen LogP contribution in [-0.4, -0.2) is 42.2 Å². The van der Waals surface area contributed by atoms with Gasteiger partial charge < -0.3 is 16.2 Å². The quantitative estimate of drug-likeness (QED) is 0.648. The van der Waals surface area contributed by atoms with Gasteiger partial charge in [0.1, 0.15) is 0 Å². The van der Waals surface area contributed by atoms with E-state index in [1.54, 1.807) is 6.07 Å². The Morgan fingerprint density at radius 1 is 1.47 bits per heavy atom. The van der Waals surface area contributed by atoms with Gasteiger partial charge in [-0.15, -0.1) is 0 Å². The molecule has 5 heteroatoms. The van der Waals surface area contributed by atoms with E-state index in [-0.39, 0.29) is 12.5 Å². The minimum absolute atomic E-state index is 0.0485. The highest BCUT2D eigenvalue weighted by atomic mass is 16.3. The molecule has 5 nitrogen and oxygen atoms in total. The molecule has 0 bridgehead atoms. The summed E-state index contributed by atoms with van der Waals surface area (Å²) < 4.78 is 0. The van der Waals surface area contributed by atoms with Crippen LogP contribution in [0.25, 0.3) is 0 Å². The second kappa shape index (κ2) is 7.76. The normalized spacial score (nSPS) is 10.7. The molecule has 0 radical (unpaired) electrons. The lowest BCUT2D eigenvalue weighted by atomic mass is 10.2. The zero-order valence-corrected chi connectivity index (χ0v) is 11.6. The van der Waals surface area contributed by atoms with Gasteiger partial charge in [-0.25, -0.2) is 0 Å². The molecule has 106 valence electrons. The van der Waals surface area contributed by atoms with Gasteiger partial charge in [-0.05, 0) is 43.7 Å². The fourth-order valence-electron chi connectivity index (χ4n) is 1.86. The average molecular weight is 265 g/mol. The zero-order chi connectivity index (χ0) is 14.3. The first-order chi connectivity index (χ1) is 9.06. The third kappa shape index (κ3) is 5.28. The van der Waals surface area contributed by atoms with Crippen LogP contribution in [0.5, 0.6) is 0 Å². The van der Waals surface area contributed by atoms with E-state index in [0.717, 1.165) is 24.3 Å². The summed E-state index contributed by atoms with van der Waals surface area (Å²) in [5.74, 6) is -0.0485. The first-order valence-corrected chi connectivity index (χ1v) is 6.56. The van der Waals surface area contributed by atoms with Gasteiger partial charge in [-0.1, -0.05) is 6.92 Å². The third-order valence-corrected chi connectivity index (χ3v) is 2.97. The van der Waals surface area contributed by atoms with Gasteiger partial charge >= 0.3 is 0 Å². The molecule has 0 aliphatic heterocycles. The number of benzene rings is 1. The molecule has 19 heavy (non-hydrogen) atoms. The molecular formula is C14H23N3O2. The Labute approximate surface area is 114 Å². The van der Waals surface area contributed by atoms with Crippen LogP contribution in [0.1, 0.15) is 18.9 Å². The third-order valence-electron chi connectivity index (χ3n) is 2.97. The Morgan fingerprint density at radius 2 is 2.21 bits per heavy atom. The molecule has 0 aliphatic rings. The van der Waals surface area contributed by atoms with Crippen LogP contribution in [0.3, 0.4) is 0 Å². The number of likely N-dealkylation sites (N-methyl/N-ethyl adjacent to an activating group) is 1. The van der Waals surface area contributed by atoms with Crippen molar-refractivity contribution in [3.05, 3.63) is 23.8 Å². The van der Waals surface area contributed by atoms with Gasteiger partial charge in [0.15, 0.2) is 0 Å². The lowest BCUT2D eigenvalue weighted by Gasteiger charge is -2.19. The fraction of sp³-hybridized carbons (Fsp3) is 0.500. The number of hydrogen-bond acceptors (Lipinski definition) is 4. The molecule has 1 aromatic carbocycles. The van der Waals surface area contributed by atoms with Crippen molar-refractivity contribution >= 4 is 17.3 Å². The number of aliphatic hydroxyl groups excluding tert-OH is 1. The van der Waals surface area contributed by atoms with E-state index in [0.29, 0.717) is 18.7 Å². The lowest BCUT2D eigenvalue weighted by molar-refractivity contribution is -0.117. The van der Waals surface area contributed by atoms with Gasteiger partial charge in [0, 0.05) is 24.5 Å². The van der Waals surface area contributed by atoms with Crippen molar-refractivity contribution in [1.82, 2.24) is 4.90 Å². The van der Waals surface area contributed by atoms with Crippen molar-refractivity contribution in [3.63, 3.8) is 0 Å². The van der Waals surface area contributed by atoms with Crippen LogP contribution in [0.2, 0.25) is 0 Å². The summed E-state index contributed by atoms with van der Waals surface area (Å²) in [6.45, 7) is 5.90. The molecule has 1 rings (SSSR count). The molecule has 1 aromatic rings. The van der Waals surface area contributed by atoms with Crippen LogP contribution in [-0.2, 0) is 4.79 Å². The van der Waals surface area contributed by atoms with Crippen molar-refractivity contribution in [1.29, 1.82) is 0 Å². The van der Waals surface area contributed by atoms with Crippen LogP contribution in [0.15, 0.2) is 18.2 Å². The number of rotatable bonds is 7. The smallest absolute Gasteiger partial charge is 0.238 e. The van der Waals surface area contributed by atoms with Crippen molar-refractivity contribution in [3.8, 4) is 0 Å². The molecule has 0 atom stereocenters. The van der Waals surface area contributed by atoms with E-state index in [1.165, 1.54) is 0 Å². The molecule has 0 aromatic heterocycles. The van der Waals surface area contributed by atoms with Crippen molar-refractivity contribution in [2.75, 3.05) is 37.3 Å². The van der Waals surface area contributed by atoms with E-state index in [9.17, 15) is 4.79 Å². The topological polar surface area (TPSA) is 78.6 Å². The molecule has 4 N–H and O–H groups in total. The number of hydrogen-bond donors (Lipinski definition) is 3. The molecule has 0 unspecified atom stereocenters. The van der Waals surface area contributed by atoms with Gasteiger partial charge in [0.25, 0.3) is 0 Å². The molecule has 0 fully saturated rings. The van der Waals surface area contributed by atoms with Gasteiger partial charge in [-0.2, -0.15) is 0 Å². The van der Waals surface area contributed by atoms with Crippen LogP contribution < -0.4 is 11.1 Å². The fourth-order valence-corrected chi connectivity index (χ4v) is 1.86. The predicted molar refractivity (Wildman–Crippen MR) is 78.0 cm³/mol. The van der Waals surface area contributed by atoms with E-state index in [1.807, 2.05) is 30.9 Å². The van der Waals surface area contributed by atoms with Crippen LogP contribution >= 0.6 is 0 Å². The lowest BCUT2D eigenvalue weighted by Crippen LogP contribution is -2.34. The number of aliphatic hydroxyl groups is 1. The minimum Gasteiger partial charge on any atom is -0.399 e. The monoisotopic (exact) mass is 265 g/mol. The zero-order valence-electron chi connectivity index (χ0n) is 11.6. The SMILES string of the molecule is CCN(CCCO)CC(=O)Nc1ccc(N)cc1C. The Morgan fingerprint density at radius 3 is 2.79 bits per heavy atom. The number of amides is 1. The number of aryl methyl sites for hydroxylation is 1. The average Bonchev–Trinajstić information content (AvgIpc) is 2.38. The summed E-state index contributed by atoms with van der Waals surface area (Å²) in [5.41, 5.74) is 8.10. The molecule has 0 aliphatic carbocycles. The molecule has 0 saturated heterocycles. The predicted octanol–water partition coefficient (Wildman–Crippen LogP) is 1.22. The highest BCUT2D eigenvalue weighted by Gasteiger charge is 2.10.